The van der Waals surface area contributed by atoms with E-state index in [4.69, 9.17) is 0 Å². The molecule has 0 unspecified atom stereocenters. The molecule has 0 aromatic carbocycles. The van der Waals surface area contributed by atoms with Crippen molar-refractivity contribution in [3.05, 3.63) is 5.01 Å². The second-order valence-corrected chi connectivity index (χ2v) is 6.90. The van der Waals surface area contributed by atoms with E-state index in [1.54, 1.807) is 4.90 Å². The van der Waals surface area contributed by atoms with E-state index in [1.165, 1.54) is 43.4 Å². The first kappa shape index (κ1) is 17.1. The van der Waals surface area contributed by atoms with Gasteiger partial charge in [-0.3, -0.25) is 5.32 Å². The van der Waals surface area contributed by atoms with Crippen LogP contribution in [0.2, 0.25) is 0 Å². The molecular formula is C15H26N4O2S. The molecule has 0 radical (unpaired) electrons. The average Bonchev–Trinajstić information content (AvgIpc) is 3.12. The van der Waals surface area contributed by atoms with Crippen molar-refractivity contribution in [2.45, 2.75) is 64.4 Å². The molecule has 124 valence electrons. The van der Waals surface area contributed by atoms with Crippen molar-refractivity contribution in [2.75, 3.05) is 18.4 Å². The number of aliphatic hydroxyl groups is 1. The van der Waals surface area contributed by atoms with Crippen LogP contribution in [0.1, 0.15) is 56.9 Å². The average molecular weight is 326 g/mol. The minimum Gasteiger partial charge on any atom is -0.391 e. The number of nitrogens with zero attached hydrogens (tertiary/aromatic N) is 3. The summed E-state index contributed by atoms with van der Waals surface area (Å²) in [6.07, 6.45) is 8.73. The molecule has 1 atom stereocenters. The predicted molar refractivity (Wildman–Crippen MR) is 88.2 cm³/mol. The summed E-state index contributed by atoms with van der Waals surface area (Å²) in [7, 11) is 0. The fourth-order valence-corrected chi connectivity index (χ4v) is 3.33. The molecule has 0 bridgehead atoms. The quantitative estimate of drug-likeness (QED) is 0.720. The Morgan fingerprint density at radius 1 is 1.32 bits per heavy atom. The summed E-state index contributed by atoms with van der Waals surface area (Å²) >= 11 is 1.45. The van der Waals surface area contributed by atoms with Gasteiger partial charge < -0.3 is 10.0 Å². The van der Waals surface area contributed by atoms with Crippen LogP contribution >= 0.6 is 11.3 Å². The van der Waals surface area contributed by atoms with E-state index in [0.717, 1.165) is 17.8 Å². The first-order valence-corrected chi connectivity index (χ1v) is 9.07. The lowest BCUT2D eigenvalue weighted by molar-refractivity contribution is 0.176. The third kappa shape index (κ3) is 5.53. The summed E-state index contributed by atoms with van der Waals surface area (Å²) in [4.78, 5) is 13.6. The van der Waals surface area contributed by atoms with Gasteiger partial charge in [0.1, 0.15) is 5.01 Å². The monoisotopic (exact) mass is 326 g/mol. The third-order valence-corrected chi connectivity index (χ3v) is 4.77. The summed E-state index contributed by atoms with van der Waals surface area (Å²) in [6, 6.07) is -0.196. The minimum atomic E-state index is -0.400. The van der Waals surface area contributed by atoms with Gasteiger partial charge in [0.15, 0.2) is 0 Å². The molecule has 1 aliphatic heterocycles. The molecule has 22 heavy (non-hydrogen) atoms. The molecule has 1 aromatic rings. The number of rotatable bonds is 8. The summed E-state index contributed by atoms with van der Waals surface area (Å²) < 4.78 is 0. The molecule has 0 aliphatic carbocycles. The lowest BCUT2D eigenvalue weighted by Gasteiger charge is -2.14. The molecule has 6 nitrogen and oxygen atoms in total. The topological polar surface area (TPSA) is 78.4 Å². The minimum absolute atomic E-state index is 0.196. The van der Waals surface area contributed by atoms with Crippen LogP contribution in [0.15, 0.2) is 0 Å². The van der Waals surface area contributed by atoms with Gasteiger partial charge in [0.05, 0.1) is 6.10 Å². The van der Waals surface area contributed by atoms with Gasteiger partial charge in [-0.2, -0.15) is 0 Å². The van der Waals surface area contributed by atoms with Gasteiger partial charge in [0, 0.05) is 19.5 Å². The maximum absolute atomic E-state index is 12.0. The van der Waals surface area contributed by atoms with Gasteiger partial charge >= 0.3 is 6.03 Å². The first-order valence-electron chi connectivity index (χ1n) is 8.25. The maximum atomic E-state index is 12.0. The van der Waals surface area contributed by atoms with E-state index in [2.05, 4.69) is 22.4 Å². The lowest BCUT2D eigenvalue weighted by Crippen LogP contribution is -2.33. The highest BCUT2D eigenvalue weighted by Crippen LogP contribution is 2.19. The number of urea groups is 1. The Morgan fingerprint density at radius 2 is 2.09 bits per heavy atom. The van der Waals surface area contributed by atoms with Crippen LogP contribution in [-0.2, 0) is 6.42 Å². The van der Waals surface area contributed by atoms with Crippen LogP contribution in [-0.4, -0.2) is 45.4 Å². The number of hydrogen-bond acceptors (Lipinski definition) is 5. The first-order chi connectivity index (χ1) is 10.7. The second-order valence-electron chi connectivity index (χ2n) is 5.84. The van der Waals surface area contributed by atoms with Gasteiger partial charge in [-0.05, 0) is 12.8 Å². The molecule has 1 aromatic heterocycles. The van der Waals surface area contributed by atoms with Crippen LogP contribution in [0.5, 0.6) is 0 Å². The zero-order valence-corrected chi connectivity index (χ0v) is 14.1. The zero-order chi connectivity index (χ0) is 15.8. The molecule has 0 spiro atoms. The van der Waals surface area contributed by atoms with Crippen LogP contribution in [0.4, 0.5) is 9.93 Å². The van der Waals surface area contributed by atoms with Crippen LogP contribution in [0.3, 0.4) is 0 Å². The molecule has 7 heteroatoms. The zero-order valence-electron chi connectivity index (χ0n) is 13.3. The van der Waals surface area contributed by atoms with Crippen molar-refractivity contribution in [1.82, 2.24) is 15.1 Å². The van der Waals surface area contributed by atoms with E-state index in [0.29, 0.717) is 24.6 Å². The maximum Gasteiger partial charge on any atom is 0.323 e. The normalized spacial score (nSPS) is 17.9. The fourth-order valence-electron chi connectivity index (χ4n) is 2.56. The van der Waals surface area contributed by atoms with Crippen molar-refractivity contribution in [3.8, 4) is 0 Å². The number of carbonyl (C=O) groups is 1. The molecule has 1 fully saturated rings. The molecule has 2 N–H and O–H groups in total. The van der Waals surface area contributed by atoms with E-state index >= 15 is 0 Å². The number of anilines is 1. The summed E-state index contributed by atoms with van der Waals surface area (Å²) in [6.45, 7) is 3.21. The van der Waals surface area contributed by atoms with Gasteiger partial charge in [-0.15, -0.1) is 10.2 Å². The Balaban J connectivity index is 1.66. The Morgan fingerprint density at radius 3 is 2.82 bits per heavy atom. The van der Waals surface area contributed by atoms with Gasteiger partial charge in [-0.1, -0.05) is 50.4 Å². The number of carbonyl (C=O) groups excluding carboxylic acids is 1. The van der Waals surface area contributed by atoms with E-state index in [9.17, 15) is 9.90 Å². The van der Waals surface area contributed by atoms with E-state index in [1.807, 2.05) is 0 Å². The van der Waals surface area contributed by atoms with Gasteiger partial charge in [-0.25, -0.2) is 4.79 Å². The molecule has 2 amide bonds. The summed E-state index contributed by atoms with van der Waals surface area (Å²) in [5.41, 5.74) is 0. The van der Waals surface area contributed by atoms with Crippen molar-refractivity contribution in [2.24, 2.45) is 0 Å². The highest BCUT2D eigenvalue weighted by Gasteiger charge is 2.25. The van der Waals surface area contributed by atoms with Crippen molar-refractivity contribution < 1.29 is 9.90 Å². The van der Waals surface area contributed by atoms with Crippen molar-refractivity contribution >= 4 is 22.5 Å². The number of hydrogen-bond donors (Lipinski definition) is 2. The number of nitrogens with one attached hydrogen (secondary N) is 1. The van der Waals surface area contributed by atoms with E-state index in [-0.39, 0.29) is 6.03 Å². The molecule has 2 rings (SSSR count). The Labute approximate surface area is 135 Å². The standard InChI is InChI=1S/C15H26N4O2S/c1-2-3-4-5-6-7-8-13-17-18-14(22-13)16-15(21)19-10-9-12(20)11-19/h12,20H,2-11H2,1H3,(H,16,18,21)/t12-/m1/s1. The van der Waals surface area contributed by atoms with Crippen LogP contribution < -0.4 is 5.32 Å². The number of unbranched alkanes of at least 4 members (excludes halogenated alkanes) is 5. The Hall–Kier alpha value is -1.21. The van der Waals surface area contributed by atoms with E-state index < -0.39 is 6.10 Å². The third-order valence-electron chi connectivity index (χ3n) is 3.88. The SMILES string of the molecule is CCCCCCCCc1nnc(NC(=O)N2CC[C@@H](O)C2)s1. The van der Waals surface area contributed by atoms with Crippen molar-refractivity contribution in [1.29, 1.82) is 0 Å². The highest BCUT2D eigenvalue weighted by molar-refractivity contribution is 7.15. The summed E-state index contributed by atoms with van der Waals surface area (Å²) in [5, 5.41) is 21.9. The number of aryl methyl sites for hydroxylation is 1. The Bertz CT molecular complexity index is 466. The molecular weight excluding hydrogens is 300 g/mol. The summed E-state index contributed by atoms with van der Waals surface area (Å²) in [5.74, 6) is 0. The number of likely N-dealkylation sites (tertiary alicyclic amines) is 1. The van der Waals surface area contributed by atoms with Crippen LogP contribution in [0.25, 0.3) is 0 Å². The number of aliphatic hydroxyl groups excluding tert-OH is 1. The second kappa shape index (κ2) is 9.05. The largest absolute Gasteiger partial charge is 0.391 e. The van der Waals surface area contributed by atoms with Gasteiger partial charge in [0.2, 0.25) is 5.13 Å². The predicted octanol–water partition coefficient (Wildman–Crippen LogP) is 3.04. The van der Waals surface area contributed by atoms with Crippen molar-refractivity contribution in [3.63, 3.8) is 0 Å². The number of aromatic nitrogens is 2. The lowest BCUT2D eigenvalue weighted by atomic mass is 10.1. The van der Waals surface area contributed by atoms with Gasteiger partial charge in [0.25, 0.3) is 0 Å². The molecule has 1 aliphatic rings. The molecule has 2 heterocycles. The molecule has 1 saturated heterocycles. The number of amides is 2. The highest BCUT2D eigenvalue weighted by atomic mass is 32.1. The smallest absolute Gasteiger partial charge is 0.323 e. The molecule has 0 saturated carbocycles. The number of β-amino-alcohol motifs (C(OH)–C–C–N with tert-alkyl or cyclic N) is 1. The Kier molecular flexibility index (Phi) is 7.05. The fraction of sp³-hybridized carbons (Fsp3) is 0.800. The van der Waals surface area contributed by atoms with Crippen LogP contribution in [0, 0.1) is 0 Å².